The van der Waals surface area contributed by atoms with Crippen molar-refractivity contribution in [3.8, 4) is 0 Å². The Bertz CT molecular complexity index is 727. The third-order valence-electron chi connectivity index (χ3n) is 4.17. The predicted octanol–water partition coefficient (Wildman–Crippen LogP) is 5.33. The monoisotopic (exact) mass is 351 g/mol. The molecule has 25 heavy (non-hydrogen) atoms. The van der Waals surface area contributed by atoms with Crippen LogP contribution < -0.4 is 0 Å². The zero-order valence-corrected chi connectivity index (χ0v) is 15.3. The summed E-state index contributed by atoms with van der Waals surface area (Å²) in [6.45, 7) is 8.67. The molecule has 0 bridgehead atoms. The van der Waals surface area contributed by atoms with E-state index in [1.54, 1.807) is 18.2 Å². The van der Waals surface area contributed by atoms with Gasteiger partial charge in [-0.15, -0.1) is 0 Å². The highest BCUT2D eigenvalue weighted by molar-refractivity contribution is 7.80. The highest BCUT2D eigenvalue weighted by Crippen LogP contribution is 2.36. The molecule has 0 spiro atoms. The van der Waals surface area contributed by atoms with Crippen molar-refractivity contribution in [2.24, 2.45) is 0 Å². The lowest BCUT2D eigenvalue weighted by Gasteiger charge is -2.37. The van der Waals surface area contributed by atoms with Crippen molar-refractivity contribution in [1.82, 2.24) is 4.90 Å². The first-order chi connectivity index (χ1) is 12.2. The van der Waals surface area contributed by atoms with Gasteiger partial charge in [0.25, 0.3) is 0 Å². The van der Waals surface area contributed by atoms with E-state index in [9.17, 15) is 5.11 Å². The second kappa shape index (κ2) is 9.92. The average Bonchev–Trinajstić information content (AvgIpc) is 2.65. The van der Waals surface area contributed by atoms with Crippen molar-refractivity contribution in [3.05, 3.63) is 108 Å². The van der Waals surface area contributed by atoms with Crippen molar-refractivity contribution in [2.75, 3.05) is 12.4 Å². The van der Waals surface area contributed by atoms with Crippen LogP contribution in [0.5, 0.6) is 0 Å². The normalized spacial score (nSPS) is 18.9. The van der Waals surface area contributed by atoms with Crippen LogP contribution in [0.15, 0.2) is 97.4 Å². The molecule has 0 aromatic heterocycles. The Balaban J connectivity index is 2.15. The van der Waals surface area contributed by atoms with E-state index in [0.29, 0.717) is 11.4 Å². The third kappa shape index (κ3) is 5.12. The van der Waals surface area contributed by atoms with E-state index in [-0.39, 0.29) is 11.8 Å². The van der Waals surface area contributed by atoms with Crippen LogP contribution in [0.4, 0.5) is 0 Å². The summed E-state index contributed by atoms with van der Waals surface area (Å²) in [7, 11) is 0. The van der Waals surface area contributed by atoms with Gasteiger partial charge in [-0.3, -0.25) is 4.90 Å². The maximum absolute atomic E-state index is 10.5. The Morgan fingerprint density at radius 1 is 1.16 bits per heavy atom. The van der Waals surface area contributed by atoms with Gasteiger partial charge in [0.15, 0.2) is 0 Å². The van der Waals surface area contributed by atoms with Gasteiger partial charge >= 0.3 is 0 Å². The summed E-state index contributed by atoms with van der Waals surface area (Å²) in [4.78, 5) is 2.22. The van der Waals surface area contributed by atoms with Crippen molar-refractivity contribution in [3.63, 3.8) is 0 Å². The summed E-state index contributed by atoms with van der Waals surface area (Å²) in [5, 5.41) is 10.5. The molecule has 0 radical (unpaired) electrons. The average molecular weight is 352 g/mol. The fourth-order valence-electron chi connectivity index (χ4n) is 2.91. The second-order valence-corrected chi connectivity index (χ2v) is 6.06. The standard InChI is InChI=1S/C22H25NOS/c1-3-4-5-6-7-8-9-14-21(24)18(2)22-20-13-11-10-12-19(20)15-16-23(22)17-25/h3-14,22,24-25H,1-2,15-17H2/b5-4-,7-6-,9-8-,21-14+. The fraction of sp³-hybridized carbons (Fsp3) is 0.182. The van der Waals surface area contributed by atoms with Crippen molar-refractivity contribution in [1.29, 1.82) is 0 Å². The van der Waals surface area contributed by atoms with Crippen molar-refractivity contribution in [2.45, 2.75) is 12.5 Å². The van der Waals surface area contributed by atoms with Crippen LogP contribution in [0.25, 0.3) is 0 Å². The van der Waals surface area contributed by atoms with Crippen molar-refractivity contribution >= 4 is 12.6 Å². The number of aliphatic hydroxyl groups is 1. The summed E-state index contributed by atoms with van der Waals surface area (Å²) in [5.41, 5.74) is 3.21. The molecule has 1 aliphatic heterocycles. The number of nitrogens with zero attached hydrogens (tertiary/aromatic N) is 1. The maximum Gasteiger partial charge on any atom is 0.120 e. The molecular weight excluding hydrogens is 326 g/mol. The molecule has 0 amide bonds. The molecule has 2 rings (SSSR count). The Hall–Kier alpha value is -2.23. The first kappa shape index (κ1) is 19.1. The number of allylic oxidation sites excluding steroid dienone is 8. The van der Waals surface area contributed by atoms with Gasteiger partial charge in [0.1, 0.15) is 5.76 Å². The maximum atomic E-state index is 10.5. The molecule has 130 valence electrons. The van der Waals surface area contributed by atoms with E-state index in [0.717, 1.165) is 13.0 Å². The summed E-state index contributed by atoms with van der Waals surface area (Å²) in [6.07, 6.45) is 15.6. The highest BCUT2D eigenvalue weighted by Gasteiger charge is 2.29. The highest BCUT2D eigenvalue weighted by atomic mass is 32.1. The van der Waals surface area contributed by atoms with Gasteiger partial charge in [-0.25, -0.2) is 0 Å². The first-order valence-electron chi connectivity index (χ1n) is 8.32. The fourth-order valence-corrected chi connectivity index (χ4v) is 3.21. The van der Waals surface area contributed by atoms with Crippen LogP contribution in [0.2, 0.25) is 0 Å². The number of hydrogen-bond acceptors (Lipinski definition) is 3. The number of benzene rings is 1. The second-order valence-electron chi connectivity index (χ2n) is 5.77. The smallest absolute Gasteiger partial charge is 0.120 e. The SMILES string of the molecule is C=C\C=C/C=C\C=C/C=C(/O)C(=C)C1c2ccccc2CCN1CS. The Labute approximate surface area is 156 Å². The van der Waals surface area contributed by atoms with E-state index in [1.165, 1.54) is 11.1 Å². The van der Waals surface area contributed by atoms with Gasteiger partial charge in [-0.05, 0) is 23.6 Å². The molecule has 0 saturated carbocycles. The molecule has 2 nitrogen and oxygen atoms in total. The molecule has 1 aromatic rings. The molecular formula is C22H25NOS. The quantitative estimate of drug-likeness (QED) is 0.394. The Morgan fingerprint density at radius 2 is 1.84 bits per heavy atom. The van der Waals surface area contributed by atoms with Crippen LogP contribution in [0.3, 0.4) is 0 Å². The number of hydrogen-bond donors (Lipinski definition) is 2. The molecule has 1 unspecified atom stereocenters. The Morgan fingerprint density at radius 3 is 2.56 bits per heavy atom. The molecule has 1 N–H and O–H groups in total. The lowest BCUT2D eigenvalue weighted by molar-refractivity contribution is 0.242. The number of rotatable bonds is 7. The van der Waals surface area contributed by atoms with Crippen LogP contribution in [0, 0.1) is 0 Å². The van der Waals surface area contributed by atoms with Crippen LogP contribution in [0.1, 0.15) is 17.2 Å². The summed E-state index contributed by atoms with van der Waals surface area (Å²) in [6, 6.07) is 8.30. The van der Waals surface area contributed by atoms with E-state index >= 15 is 0 Å². The minimum atomic E-state index is -0.0434. The minimum Gasteiger partial charge on any atom is -0.508 e. The molecule has 0 aliphatic carbocycles. The summed E-state index contributed by atoms with van der Waals surface area (Å²) < 4.78 is 0. The summed E-state index contributed by atoms with van der Waals surface area (Å²) in [5.74, 6) is 0.819. The van der Waals surface area contributed by atoms with Crippen molar-refractivity contribution < 1.29 is 5.11 Å². The van der Waals surface area contributed by atoms with Crippen LogP contribution in [-0.4, -0.2) is 22.4 Å². The van der Waals surface area contributed by atoms with E-state index in [4.69, 9.17) is 0 Å². The zero-order chi connectivity index (χ0) is 18.1. The lowest BCUT2D eigenvalue weighted by Crippen LogP contribution is -2.35. The van der Waals surface area contributed by atoms with Gasteiger partial charge in [0.05, 0.1) is 6.04 Å². The van der Waals surface area contributed by atoms with Gasteiger partial charge < -0.3 is 5.11 Å². The molecule has 3 heteroatoms. The van der Waals surface area contributed by atoms with Gasteiger partial charge in [0, 0.05) is 18.0 Å². The number of aliphatic hydroxyl groups excluding tert-OH is 1. The number of thiol groups is 1. The van der Waals surface area contributed by atoms with Gasteiger partial charge in [-0.1, -0.05) is 80.0 Å². The topological polar surface area (TPSA) is 23.5 Å². The van der Waals surface area contributed by atoms with E-state index in [1.807, 2.05) is 36.4 Å². The summed E-state index contributed by atoms with van der Waals surface area (Å²) >= 11 is 4.45. The Kier molecular flexibility index (Phi) is 7.58. The van der Waals surface area contributed by atoms with E-state index in [2.05, 4.69) is 48.9 Å². The number of fused-ring (bicyclic) bond motifs is 1. The molecule has 0 saturated heterocycles. The predicted molar refractivity (Wildman–Crippen MR) is 111 cm³/mol. The largest absolute Gasteiger partial charge is 0.508 e. The molecule has 1 heterocycles. The molecule has 1 atom stereocenters. The molecule has 1 aromatic carbocycles. The van der Waals surface area contributed by atoms with Crippen LogP contribution in [-0.2, 0) is 6.42 Å². The van der Waals surface area contributed by atoms with Crippen LogP contribution >= 0.6 is 12.6 Å². The molecule has 1 aliphatic rings. The first-order valence-corrected chi connectivity index (χ1v) is 8.96. The van der Waals surface area contributed by atoms with E-state index < -0.39 is 0 Å². The van der Waals surface area contributed by atoms with Gasteiger partial charge in [-0.2, -0.15) is 12.6 Å². The minimum absolute atomic E-state index is 0.0434. The third-order valence-corrected chi connectivity index (χ3v) is 4.53. The lowest BCUT2D eigenvalue weighted by atomic mass is 9.88. The molecule has 0 fully saturated rings. The van der Waals surface area contributed by atoms with Gasteiger partial charge in [0.2, 0.25) is 0 Å². The zero-order valence-electron chi connectivity index (χ0n) is 14.4.